The van der Waals surface area contributed by atoms with Crippen molar-refractivity contribution in [1.29, 1.82) is 0 Å². The van der Waals surface area contributed by atoms with Crippen molar-refractivity contribution in [2.45, 2.75) is 52.1 Å². The molecule has 4 rings (SSSR count). The number of nitrogens with one attached hydrogen (secondary N) is 4. The second kappa shape index (κ2) is 9.62. The van der Waals surface area contributed by atoms with Crippen molar-refractivity contribution in [3.63, 3.8) is 0 Å². The number of nitrogens with zero attached hydrogens (tertiary/aromatic N) is 2. The highest BCUT2D eigenvalue weighted by molar-refractivity contribution is 5.98. The highest BCUT2D eigenvalue weighted by Crippen LogP contribution is 2.23. The van der Waals surface area contributed by atoms with Crippen LogP contribution < -0.4 is 25.4 Å². The van der Waals surface area contributed by atoms with Crippen molar-refractivity contribution in [3.05, 3.63) is 59.9 Å². The van der Waals surface area contributed by atoms with Crippen LogP contribution in [0.15, 0.2) is 48.7 Å². The van der Waals surface area contributed by atoms with E-state index in [9.17, 15) is 4.79 Å². The molecule has 4 N–H and O–H groups in total. The van der Waals surface area contributed by atoms with Crippen molar-refractivity contribution in [1.82, 2.24) is 15.4 Å². The fourth-order valence-corrected chi connectivity index (χ4v) is 3.70. The number of urea groups is 1. The molecule has 0 radical (unpaired) electrons. The Balaban J connectivity index is 1.49. The summed E-state index contributed by atoms with van der Waals surface area (Å²) in [5.74, 6) is 1.17. The first-order valence-electron chi connectivity index (χ1n) is 11.4. The van der Waals surface area contributed by atoms with Gasteiger partial charge in [0.1, 0.15) is 6.10 Å². The smallest absolute Gasteiger partial charge is 0.411 e. The molecular weight excluding hydrogens is 416 g/mol. The molecule has 3 heterocycles. The number of H-pyrrole nitrogens is 1. The topological polar surface area (TPSA) is 95.0 Å². The zero-order chi connectivity index (χ0) is 23.4. The van der Waals surface area contributed by atoms with Crippen molar-refractivity contribution in [2.75, 3.05) is 23.7 Å². The van der Waals surface area contributed by atoms with Gasteiger partial charge in [0.05, 0.1) is 17.4 Å². The largest absolute Gasteiger partial charge is 0.474 e. The van der Waals surface area contributed by atoms with Crippen LogP contribution in [0.25, 0.3) is 5.69 Å². The summed E-state index contributed by atoms with van der Waals surface area (Å²) in [6.45, 7) is 10.3. The van der Waals surface area contributed by atoms with Crippen molar-refractivity contribution in [2.24, 2.45) is 0 Å². The van der Waals surface area contributed by atoms with Crippen LogP contribution in [0.5, 0.6) is 5.88 Å². The number of hydrogen-bond acceptors (Lipinski definition) is 4. The van der Waals surface area contributed by atoms with E-state index in [-0.39, 0.29) is 17.6 Å². The summed E-state index contributed by atoms with van der Waals surface area (Å²) in [5, 5.41) is 12.6. The predicted octanol–water partition coefficient (Wildman–Crippen LogP) is 4.07. The van der Waals surface area contributed by atoms with Gasteiger partial charge >= 0.3 is 11.8 Å². The Morgan fingerprint density at radius 3 is 2.52 bits per heavy atom. The van der Waals surface area contributed by atoms with Crippen LogP contribution in [-0.4, -0.2) is 35.3 Å². The molecule has 1 aliphatic heterocycles. The quantitative estimate of drug-likeness (QED) is 0.442. The maximum absolute atomic E-state index is 12.9. The molecule has 1 aromatic carbocycles. The number of aryl methyl sites for hydroxylation is 1. The van der Waals surface area contributed by atoms with Gasteiger partial charge in [-0.25, -0.2) is 14.9 Å². The van der Waals surface area contributed by atoms with Crippen molar-refractivity contribution < 1.29 is 14.2 Å². The van der Waals surface area contributed by atoms with Gasteiger partial charge in [-0.2, -0.15) is 5.32 Å². The van der Waals surface area contributed by atoms with Crippen LogP contribution in [0.4, 0.5) is 16.3 Å². The van der Waals surface area contributed by atoms with E-state index in [2.05, 4.69) is 46.8 Å². The Hall–Kier alpha value is -3.39. The second-order valence-corrected chi connectivity index (χ2v) is 9.51. The van der Waals surface area contributed by atoms with E-state index in [0.29, 0.717) is 17.4 Å². The minimum absolute atomic E-state index is 0.102. The predicted molar refractivity (Wildman–Crippen MR) is 129 cm³/mol. The number of carbonyl (C=O) groups is 1. The van der Waals surface area contributed by atoms with E-state index in [1.54, 1.807) is 18.3 Å². The summed E-state index contributed by atoms with van der Waals surface area (Å²) < 4.78 is 7.88. The molecule has 0 atom stereocenters. The molecule has 0 bridgehead atoms. The number of aromatic amines is 1. The number of pyridine rings is 1. The average Bonchev–Trinajstić information content (AvgIpc) is 3.19. The molecule has 8 heteroatoms. The van der Waals surface area contributed by atoms with E-state index in [1.807, 2.05) is 41.9 Å². The van der Waals surface area contributed by atoms with Gasteiger partial charge < -0.3 is 10.1 Å². The lowest BCUT2D eigenvalue weighted by Crippen LogP contribution is -2.38. The van der Waals surface area contributed by atoms with E-state index in [0.717, 1.165) is 37.3 Å². The monoisotopic (exact) mass is 449 g/mol. The Labute approximate surface area is 194 Å². The molecule has 0 saturated carbocycles. The van der Waals surface area contributed by atoms with Gasteiger partial charge in [-0.1, -0.05) is 38.5 Å². The minimum Gasteiger partial charge on any atom is -0.474 e. The van der Waals surface area contributed by atoms with Gasteiger partial charge in [-0.3, -0.25) is 5.32 Å². The van der Waals surface area contributed by atoms with Gasteiger partial charge in [-0.15, -0.1) is 4.68 Å². The summed E-state index contributed by atoms with van der Waals surface area (Å²) >= 11 is 0. The number of rotatable bonds is 5. The fourth-order valence-electron chi connectivity index (χ4n) is 3.70. The van der Waals surface area contributed by atoms with Gasteiger partial charge in [0.15, 0.2) is 5.69 Å². The lowest BCUT2D eigenvalue weighted by molar-refractivity contribution is -0.641. The normalized spacial score (nSPS) is 14.7. The first kappa shape index (κ1) is 22.8. The zero-order valence-electron chi connectivity index (χ0n) is 19.7. The summed E-state index contributed by atoms with van der Waals surface area (Å²) in [7, 11) is 0. The number of amides is 2. The number of anilines is 2. The van der Waals surface area contributed by atoms with Crippen LogP contribution in [-0.2, 0) is 5.41 Å². The van der Waals surface area contributed by atoms with E-state index < -0.39 is 0 Å². The molecule has 0 aliphatic carbocycles. The number of piperidine rings is 1. The summed E-state index contributed by atoms with van der Waals surface area (Å²) in [6, 6.07) is 13.3. The number of hydrogen-bond donors (Lipinski definition) is 4. The highest BCUT2D eigenvalue weighted by Gasteiger charge is 2.26. The molecule has 3 aromatic rings. The molecule has 1 fully saturated rings. The molecular formula is C25H33N6O2+. The molecule has 1 saturated heterocycles. The van der Waals surface area contributed by atoms with Crippen LogP contribution >= 0.6 is 0 Å². The van der Waals surface area contributed by atoms with Gasteiger partial charge in [-0.05, 0) is 51.1 Å². The molecule has 0 unspecified atom stereocenters. The SMILES string of the molecule is Cc1ccc(-[n+]2[nH]c(C(C)(C)C)cc2NC(=O)Nc2ccnc(OC3CCNCC3)c2)cc1. The van der Waals surface area contributed by atoms with Crippen LogP contribution in [0, 0.1) is 6.92 Å². The minimum atomic E-state index is -0.339. The van der Waals surface area contributed by atoms with E-state index in [4.69, 9.17) is 4.74 Å². The van der Waals surface area contributed by atoms with E-state index >= 15 is 0 Å². The standard InChI is InChI=1S/C25H32N6O2/c1-17-5-7-19(8-6-17)31-22(16-21(30-31)25(2,3)4)29-24(32)28-18-9-14-27-23(15-18)33-20-10-12-26-13-11-20/h5-9,14-16,20,26H,10-13H2,1-4H3,(H2,27,28,29,30,32)/p+1. The molecule has 33 heavy (non-hydrogen) atoms. The third kappa shape index (κ3) is 5.90. The zero-order valence-corrected chi connectivity index (χ0v) is 19.7. The first-order valence-corrected chi connectivity index (χ1v) is 11.4. The Bertz CT molecular complexity index is 1090. The summed E-state index contributed by atoms with van der Waals surface area (Å²) in [4.78, 5) is 17.2. The summed E-state index contributed by atoms with van der Waals surface area (Å²) in [5.41, 5.74) is 3.65. The summed E-state index contributed by atoms with van der Waals surface area (Å²) in [6.07, 6.45) is 3.68. The van der Waals surface area contributed by atoms with E-state index in [1.165, 1.54) is 5.56 Å². The third-order valence-electron chi connectivity index (χ3n) is 5.66. The third-order valence-corrected chi connectivity index (χ3v) is 5.66. The molecule has 2 aromatic heterocycles. The lowest BCUT2D eigenvalue weighted by atomic mass is 9.92. The van der Waals surface area contributed by atoms with Gasteiger partial charge in [0.2, 0.25) is 5.88 Å². The highest BCUT2D eigenvalue weighted by atomic mass is 16.5. The Morgan fingerprint density at radius 1 is 1.09 bits per heavy atom. The first-order chi connectivity index (χ1) is 15.8. The Kier molecular flexibility index (Phi) is 6.65. The fraction of sp³-hybridized carbons (Fsp3) is 0.400. The second-order valence-electron chi connectivity index (χ2n) is 9.51. The Morgan fingerprint density at radius 2 is 1.82 bits per heavy atom. The van der Waals surface area contributed by atoms with Gasteiger partial charge in [0, 0.05) is 17.7 Å². The van der Waals surface area contributed by atoms with Crippen molar-refractivity contribution in [3.8, 4) is 11.6 Å². The lowest BCUT2D eigenvalue weighted by Gasteiger charge is -2.23. The number of ether oxygens (including phenoxy) is 1. The number of aromatic nitrogens is 3. The number of benzene rings is 1. The molecule has 8 nitrogen and oxygen atoms in total. The molecule has 0 spiro atoms. The van der Waals surface area contributed by atoms with Crippen molar-refractivity contribution >= 4 is 17.5 Å². The van der Waals surface area contributed by atoms with Crippen LogP contribution in [0.1, 0.15) is 44.9 Å². The molecule has 1 aliphatic rings. The molecule has 2 amide bonds. The van der Waals surface area contributed by atoms with Crippen LogP contribution in [0.2, 0.25) is 0 Å². The maximum atomic E-state index is 12.9. The number of carbonyl (C=O) groups excluding carboxylic acids is 1. The van der Waals surface area contributed by atoms with Gasteiger partial charge in [0.25, 0.3) is 0 Å². The average molecular weight is 450 g/mol. The molecule has 174 valence electrons. The van der Waals surface area contributed by atoms with Crippen LogP contribution in [0.3, 0.4) is 0 Å². The maximum Gasteiger partial charge on any atom is 0.411 e.